The zero-order valence-corrected chi connectivity index (χ0v) is 15.2. The van der Waals surface area contributed by atoms with Crippen LogP contribution in [0.2, 0.25) is 0 Å². The lowest BCUT2D eigenvalue weighted by Crippen LogP contribution is -2.32. The summed E-state index contributed by atoms with van der Waals surface area (Å²) in [4.78, 5) is 4.65. The Labute approximate surface area is 152 Å². The van der Waals surface area contributed by atoms with Gasteiger partial charge in [-0.25, -0.2) is 0 Å². The molecule has 4 rings (SSSR count). The molecule has 0 bridgehead atoms. The third-order valence-corrected chi connectivity index (χ3v) is 5.05. The van der Waals surface area contributed by atoms with Crippen LogP contribution < -0.4 is 5.32 Å². The molecule has 26 heavy (non-hydrogen) atoms. The maximum atomic E-state index is 5.62. The van der Waals surface area contributed by atoms with Gasteiger partial charge in [0.05, 0.1) is 17.8 Å². The number of hydrogen-bond acceptors (Lipinski definition) is 6. The topological polar surface area (TPSA) is 88.9 Å². The number of hydrogen-bond donors (Lipinski definition) is 2. The highest BCUT2D eigenvalue weighted by Crippen LogP contribution is 2.30. The van der Waals surface area contributed by atoms with E-state index in [1.807, 2.05) is 6.20 Å². The van der Waals surface area contributed by atoms with Crippen molar-refractivity contribution in [2.45, 2.75) is 45.2 Å². The Morgan fingerprint density at radius 1 is 1.27 bits per heavy atom. The SMILES string of the molecule is CC(C)c1noc([C@@H](NCc2cccc3cn[nH]c23)C2CCOCC2)n1. The van der Waals surface area contributed by atoms with E-state index >= 15 is 0 Å². The van der Waals surface area contributed by atoms with Gasteiger partial charge in [0.25, 0.3) is 0 Å². The third-order valence-electron chi connectivity index (χ3n) is 5.05. The van der Waals surface area contributed by atoms with Gasteiger partial charge in [-0.2, -0.15) is 10.1 Å². The van der Waals surface area contributed by atoms with E-state index in [4.69, 9.17) is 9.26 Å². The molecule has 1 fully saturated rings. The Bertz CT molecular complexity index is 850. The van der Waals surface area contributed by atoms with Crippen LogP contribution in [0.15, 0.2) is 28.9 Å². The molecule has 0 aliphatic carbocycles. The zero-order chi connectivity index (χ0) is 17.9. The predicted molar refractivity (Wildman–Crippen MR) is 97.6 cm³/mol. The summed E-state index contributed by atoms with van der Waals surface area (Å²) in [6.07, 6.45) is 3.83. The van der Waals surface area contributed by atoms with E-state index < -0.39 is 0 Å². The molecule has 3 aromatic rings. The molecular formula is C19H25N5O2. The number of rotatable bonds is 6. The third kappa shape index (κ3) is 3.50. The van der Waals surface area contributed by atoms with Crippen LogP contribution in [-0.2, 0) is 11.3 Å². The van der Waals surface area contributed by atoms with Crippen molar-refractivity contribution in [2.75, 3.05) is 13.2 Å². The van der Waals surface area contributed by atoms with Crippen molar-refractivity contribution >= 4 is 10.9 Å². The first-order valence-electron chi connectivity index (χ1n) is 9.28. The number of nitrogens with one attached hydrogen (secondary N) is 2. The Morgan fingerprint density at radius 2 is 2.12 bits per heavy atom. The minimum Gasteiger partial charge on any atom is -0.381 e. The lowest BCUT2D eigenvalue weighted by atomic mass is 9.91. The number of fused-ring (bicyclic) bond motifs is 1. The largest absolute Gasteiger partial charge is 0.381 e. The summed E-state index contributed by atoms with van der Waals surface area (Å²) < 4.78 is 11.1. The van der Waals surface area contributed by atoms with Crippen LogP contribution >= 0.6 is 0 Å². The van der Waals surface area contributed by atoms with Gasteiger partial charge >= 0.3 is 0 Å². The van der Waals surface area contributed by atoms with Crippen molar-refractivity contribution in [1.29, 1.82) is 0 Å². The standard InChI is InChI=1S/C19H25N5O2/c1-12(2)18-22-19(26-24-18)17(13-6-8-25-9-7-13)20-10-14-4-3-5-15-11-21-23-16(14)15/h3-5,11-13,17,20H,6-10H2,1-2H3,(H,21,23)/t17-/m0/s1. The molecule has 138 valence electrons. The lowest BCUT2D eigenvalue weighted by molar-refractivity contribution is 0.0485. The number of benzene rings is 1. The van der Waals surface area contributed by atoms with Crippen LogP contribution in [0.5, 0.6) is 0 Å². The van der Waals surface area contributed by atoms with Crippen LogP contribution in [0, 0.1) is 5.92 Å². The van der Waals surface area contributed by atoms with E-state index in [0.29, 0.717) is 18.4 Å². The van der Waals surface area contributed by atoms with Crippen molar-refractivity contribution in [3.63, 3.8) is 0 Å². The second-order valence-electron chi connectivity index (χ2n) is 7.21. The Hall–Kier alpha value is -2.25. The number of aromatic nitrogens is 4. The molecule has 3 heterocycles. The lowest BCUT2D eigenvalue weighted by Gasteiger charge is -2.28. The van der Waals surface area contributed by atoms with E-state index in [1.54, 1.807) is 0 Å². The van der Waals surface area contributed by atoms with E-state index in [1.165, 1.54) is 5.56 Å². The van der Waals surface area contributed by atoms with Crippen LogP contribution in [0.3, 0.4) is 0 Å². The molecule has 0 unspecified atom stereocenters. The summed E-state index contributed by atoms with van der Waals surface area (Å²) in [5, 5.41) is 16.2. The van der Waals surface area contributed by atoms with Crippen molar-refractivity contribution in [1.82, 2.24) is 25.7 Å². The summed E-state index contributed by atoms with van der Waals surface area (Å²) in [5.41, 5.74) is 2.25. The smallest absolute Gasteiger partial charge is 0.244 e. The van der Waals surface area contributed by atoms with Crippen LogP contribution in [0.1, 0.15) is 55.9 Å². The zero-order valence-electron chi connectivity index (χ0n) is 15.2. The summed E-state index contributed by atoms with van der Waals surface area (Å²) in [7, 11) is 0. The molecule has 7 heteroatoms. The minimum absolute atomic E-state index is 0.0251. The first-order chi connectivity index (χ1) is 12.7. The summed E-state index contributed by atoms with van der Waals surface area (Å²) in [5.74, 6) is 2.11. The monoisotopic (exact) mass is 355 g/mol. The summed E-state index contributed by atoms with van der Waals surface area (Å²) >= 11 is 0. The second-order valence-corrected chi connectivity index (χ2v) is 7.21. The maximum Gasteiger partial charge on any atom is 0.244 e. The number of ether oxygens (including phenoxy) is 1. The number of H-pyrrole nitrogens is 1. The first kappa shape index (κ1) is 17.2. The van der Waals surface area contributed by atoms with Gasteiger partial charge in [-0.1, -0.05) is 37.2 Å². The normalized spacial score (nSPS) is 17.2. The van der Waals surface area contributed by atoms with Gasteiger partial charge in [0, 0.05) is 31.1 Å². The van der Waals surface area contributed by atoms with E-state index in [9.17, 15) is 0 Å². The fraction of sp³-hybridized carbons (Fsp3) is 0.526. The fourth-order valence-electron chi connectivity index (χ4n) is 3.51. The molecule has 2 aromatic heterocycles. The molecule has 1 saturated heterocycles. The molecule has 0 spiro atoms. The fourth-order valence-corrected chi connectivity index (χ4v) is 3.51. The molecule has 0 amide bonds. The molecule has 1 aromatic carbocycles. The van der Waals surface area contributed by atoms with E-state index in [-0.39, 0.29) is 12.0 Å². The molecule has 0 saturated carbocycles. The molecule has 1 atom stereocenters. The van der Waals surface area contributed by atoms with Gasteiger partial charge in [0.15, 0.2) is 5.82 Å². The average Bonchev–Trinajstić information content (AvgIpc) is 3.33. The molecule has 1 aliphatic heterocycles. The highest BCUT2D eigenvalue weighted by atomic mass is 16.5. The van der Waals surface area contributed by atoms with Gasteiger partial charge in [-0.3, -0.25) is 5.10 Å². The van der Waals surface area contributed by atoms with E-state index in [2.05, 4.69) is 57.7 Å². The van der Waals surface area contributed by atoms with Gasteiger partial charge in [-0.15, -0.1) is 0 Å². The Kier molecular flexibility index (Phi) is 4.99. The Morgan fingerprint density at radius 3 is 2.88 bits per heavy atom. The quantitative estimate of drug-likeness (QED) is 0.705. The highest BCUT2D eigenvalue weighted by Gasteiger charge is 2.30. The average molecular weight is 355 g/mol. The van der Waals surface area contributed by atoms with Gasteiger partial charge in [0.2, 0.25) is 5.89 Å². The van der Waals surface area contributed by atoms with Gasteiger partial charge in [-0.05, 0) is 24.3 Å². The maximum absolute atomic E-state index is 5.62. The molecular weight excluding hydrogens is 330 g/mol. The Balaban J connectivity index is 1.57. The van der Waals surface area contributed by atoms with Crippen molar-refractivity contribution in [3.05, 3.63) is 41.7 Å². The predicted octanol–water partition coefficient (Wildman–Crippen LogP) is 3.33. The van der Waals surface area contributed by atoms with Crippen LogP contribution in [0.4, 0.5) is 0 Å². The molecule has 7 nitrogen and oxygen atoms in total. The van der Waals surface area contributed by atoms with Crippen LogP contribution in [0.25, 0.3) is 10.9 Å². The van der Waals surface area contributed by atoms with Crippen molar-refractivity contribution in [3.8, 4) is 0 Å². The minimum atomic E-state index is 0.0251. The number of nitrogens with zero attached hydrogens (tertiary/aromatic N) is 3. The number of para-hydroxylation sites is 1. The van der Waals surface area contributed by atoms with Crippen molar-refractivity contribution < 1.29 is 9.26 Å². The molecule has 1 aliphatic rings. The summed E-state index contributed by atoms with van der Waals surface area (Å²) in [6, 6.07) is 6.26. The molecule has 2 N–H and O–H groups in total. The van der Waals surface area contributed by atoms with E-state index in [0.717, 1.165) is 42.8 Å². The first-order valence-corrected chi connectivity index (χ1v) is 9.28. The second kappa shape index (κ2) is 7.55. The van der Waals surface area contributed by atoms with Crippen LogP contribution in [-0.4, -0.2) is 33.6 Å². The number of aromatic amines is 1. The van der Waals surface area contributed by atoms with Crippen molar-refractivity contribution in [2.24, 2.45) is 5.92 Å². The van der Waals surface area contributed by atoms with Gasteiger partial charge in [0.1, 0.15) is 0 Å². The highest BCUT2D eigenvalue weighted by molar-refractivity contribution is 5.81. The molecule has 0 radical (unpaired) electrons. The van der Waals surface area contributed by atoms with Gasteiger partial charge < -0.3 is 14.6 Å². The summed E-state index contributed by atoms with van der Waals surface area (Å²) in [6.45, 7) is 6.42.